The average Bonchev–Trinajstić information content (AvgIpc) is 2.46. The van der Waals surface area contributed by atoms with Crippen molar-refractivity contribution in [3.63, 3.8) is 0 Å². The van der Waals surface area contributed by atoms with Crippen LogP contribution in [-0.4, -0.2) is 34.9 Å². The third-order valence-electron chi connectivity index (χ3n) is 4.00. The lowest BCUT2D eigenvalue weighted by Gasteiger charge is -2.33. The van der Waals surface area contributed by atoms with Crippen molar-refractivity contribution in [2.75, 3.05) is 7.05 Å². The Kier molecular flexibility index (Phi) is 4.80. The number of nitro groups is 1. The van der Waals surface area contributed by atoms with Crippen LogP contribution in [0.25, 0.3) is 0 Å². The van der Waals surface area contributed by atoms with Crippen LogP contribution in [0.2, 0.25) is 5.02 Å². The van der Waals surface area contributed by atoms with Crippen molar-refractivity contribution in [3.05, 3.63) is 38.9 Å². The summed E-state index contributed by atoms with van der Waals surface area (Å²) in [4.78, 5) is 24.6. The van der Waals surface area contributed by atoms with Crippen LogP contribution in [-0.2, 0) is 0 Å². The van der Waals surface area contributed by atoms with Gasteiger partial charge in [-0.05, 0) is 37.8 Å². The fourth-order valence-electron chi connectivity index (χ4n) is 2.68. The molecule has 2 rings (SSSR count). The molecule has 2 N–H and O–H groups in total. The molecule has 7 heteroatoms. The first kappa shape index (κ1) is 15.7. The standard InChI is InChI=1S/C14H18ClN3O3/c1-17(11-5-3-10(16)4-6-11)14(19)12-7-2-9(15)8-13(12)18(20)21/h2,7-8,10-11H,3-6,16H2,1H3. The zero-order valence-corrected chi connectivity index (χ0v) is 12.5. The lowest BCUT2D eigenvalue weighted by molar-refractivity contribution is -0.385. The largest absolute Gasteiger partial charge is 0.339 e. The second-order valence-electron chi connectivity index (χ2n) is 5.40. The van der Waals surface area contributed by atoms with Crippen molar-refractivity contribution < 1.29 is 9.72 Å². The Labute approximate surface area is 128 Å². The Morgan fingerprint density at radius 2 is 2.00 bits per heavy atom. The van der Waals surface area contributed by atoms with Gasteiger partial charge in [0.15, 0.2) is 0 Å². The summed E-state index contributed by atoms with van der Waals surface area (Å²) >= 11 is 5.77. The summed E-state index contributed by atoms with van der Waals surface area (Å²) in [6.07, 6.45) is 3.38. The van der Waals surface area contributed by atoms with E-state index in [1.54, 1.807) is 11.9 Å². The molecule has 1 aromatic carbocycles. The molecule has 1 aliphatic carbocycles. The molecule has 1 aliphatic rings. The SMILES string of the molecule is CN(C(=O)c1ccc(Cl)cc1[N+](=O)[O-])C1CCC(N)CC1. The highest BCUT2D eigenvalue weighted by atomic mass is 35.5. The van der Waals surface area contributed by atoms with Crippen molar-refractivity contribution in [1.82, 2.24) is 4.90 Å². The van der Waals surface area contributed by atoms with E-state index in [9.17, 15) is 14.9 Å². The van der Waals surface area contributed by atoms with Crippen LogP contribution in [0.1, 0.15) is 36.0 Å². The van der Waals surface area contributed by atoms with E-state index in [4.69, 9.17) is 17.3 Å². The lowest BCUT2D eigenvalue weighted by Crippen LogP contribution is -2.42. The van der Waals surface area contributed by atoms with Gasteiger partial charge in [-0.25, -0.2) is 0 Å². The zero-order valence-electron chi connectivity index (χ0n) is 11.8. The van der Waals surface area contributed by atoms with Crippen molar-refractivity contribution in [2.45, 2.75) is 37.8 Å². The number of rotatable bonds is 3. The summed E-state index contributed by atoms with van der Waals surface area (Å²) < 4.78 is 0. The van der Waals surface area contributed by atoms with E-state index < -0.39 is 4.92 Å². The Morgan fingerprint density at radius 1 is 1.38 bits per heavy atom. The quantitative estimate of drug-likeness (QED) is 0.686. The van der Waals surface area contributed by atoms with Gasteiger partial charge in [-0.1, -0.05) is 11.6 Å². The number of carbonyl (C=O) groups is 1. The monoisotopic (exact) mass is 311 g/mol. The van der Waals surface area contributed by atoms with Crippen LogP contribution >= 0.6 is 11.6 Å². The van der Waals surface area contributed by atoms with Gasteiger partial charge in [0.1, 0.15) is 5.56 Å². The number of amides is 1. The summed E-state index contributed by atoms with van der Waals surface area (Å²) in [5, 5.41) is 11.3. The summed E-state index contributed by atoms with van der Waals surface area (Å²) in [7, 11) is 1.68. The van der Waals surface area contributed by atoms with E-state index in [1.165, 1.54) is 18.2 Å². The number of nitrogens with two attached hydrogens (primary N) is 1. The van der Waals surface area contributed by atoms with Gasteiger partial charge in [0.05, 0.1) is 4.92 Å². The van der Waals surface area contributed by atoms with Gasteiger partial charge in [0.25, 0.3) is 11.6 Å². The Morgan fingerprint density at radius 3 is 2.57 bits per heavy atom. The molecule has 21 heavy (non-hydrogen) atoms. The predicted molar refractivity (Wildman–Crippen MR) is 80.4 cm³/mol. The number of nitrogens with zero attached hydrogens (tertiary/aromatic N) is 2. The maximum Gasteiger partial charge on any atom is 0.283 e. The van der Waals surface area contributed by atoms with Crippen LogP contribution in [0.3, 0.4) is 0 Å². The molecule has 0 spiro atoms. The molecule has 0 atom stereocenters. The molecule has 114 valence electrons. The van der Waals surface area contributed by atoms with E-state index >= 15 is 0 Å². The number of halogens is 1. The highest BCUT2D eigenvalue weighted by molar-refractivity contribution is 6.31. The van der Waals surface area contributed by atoms with Crippen molar-refractivity contribution in [2.24, 2.45) is 5.73 Å². The van der Waals surface area contributed by atoms with E-state index in [0.717, 1.165) is 25.7 Å². The normalized spacial score (nSPS) is 21.9. The summed E-state index contributed by atoms with van der Waals surface area (Å²) in [5.41, 5.74) is 5.67. The minimum absolute atomic E-state index is 0.0711. The number of carbonyl (C=O) groups excluding carboxylic acids is 1. The minimum Gasteiger partial charge on any atom is -0.339 e. The molecular formula is C14H18ClN3O3. The topological polar surface area (TPSA) is 89.5 Å². The fourth-order valence-corrected chi connectivity index (χ4v) is 2.85. The molecule has 1 amide bonds. The Bertz CT molecular complexity index is 556. The van der Waals surface area contributed by atoms with Gasteiger partial charge in [-0.2, -0.15) is 0 Å². The summed E-state index contributed by atoms with van der Waals surface area (Å²) in [6, 6.07) is 4.38. The van der Waals surface area contributed by atoms with Crippen molar-refractivity contribution >= 4 is 23.2 Å². The number of nitro benzene ring substituents is 1. The van der Waals surface area contributed by atoms with Gasteiger partial charge in [-0.3, -0.25) is 14.9 Å². The maximum atomic E-state index is 12.5. The molecule has 0 saturated heterocycles. The molecule has 6 nitrogen and oxygen atoms in total. The number of benzene rings is 1. The summed E-state index contributed by atoms with van der Waals surface area (Å²) in [5.74, 6) is -0.348. The van der Waals surface area contributed by atoms with E-state index in [2.05, 4.69) is 0 Å². The van der Waals surface area contributed by atoms with Gasteiger partial charge in [0.2, 0.25) is 0 Å². The average molecular weight is 312 g/mol. The third-order valence-corrected chi connectivity index (χ3v) is 4.23. The van der Waals surface area contributed by atoms with Crippen molar-refractivity contribution in [3.8, 4) is 0 Å². The fraction of sp³-hybridized carbons (Fsp3) is 0.500. The van der Waals surface area contributed by atoms with Crippen molar-refractivity contribution in [1.29, 1.82) is 0 Å². The molecule has 0 heterocycles. The molecule has 0 aromatic heterocycles. The maximum absolute atomic E-state index is 12.5. The van der Waals surface area contributed by atoms with Crippen LogP contribution in [0.15, 0.2) is 18.2 Å². The molecule has 0 radical (unpaired) electrons. The highest BCUT2D eigenvalue weighted by Gasteiger charge is 2.29. The first-order valence-electron chi connectivity index (χ1n) is 6.87. The molecule has 1 saturated carbocycles. The molecule has 1 aromatic rings. The predicted octanol–water partition coefficient (Wildman–Crippen LogP) is 2.59. The molecular weight excluding hydrogens is 294 g/mol. The number of hydrogen-bond acceptors (Lipinski definition) is 4. The van der Waals surface area contributed by atoms with Gasteiger partial charge < -0.3 is 10.6 Å². The third kappa shape index (κ3) is 3.51. The molecule has 0 bridgehead atoms. The smallest absolute Gasteiger partial charge is 0.283 e. The van der Waals surface area contributed by atoms with E-state index in [1.807, 2.05) is 0 Å². The van der Waals surface area contributed by atoms with Gasteiger partial charge in [0, 0.05) is 30.2 Å². The summed E-state index contributed by atoms with van der Waals surface area (Å²) in [6.45, 7) is 0. The Hall–Kier alpha value is -1.66. The first-order valence-corrected chi connectivity index (χ1v) is 7.24. The van der Waals surface area contributed by atoms with Gasteiger partial charge in [-0.15, -0.1) is 0 Å². The number of hydrogen-bond donors (Lipinski definition) is 1. The van der Waals surface area contributed by atoms with Crippen LogP contribution in [0.5, 0.6) is 0 Å². The Balaban J connectivity index is 2.21. The lowest BCUT2D eigenvalue weighted by atomic mass is 9.90. The first-order chi connectivity index (χ1) is 9.90. The second-order valence-corrected chi connectivity index (χ2v) is 5.84. The van der Waals surface area contributed by atoms with E-state index in [-0.39, 0.29) is 34.3 Å². The molecule has 1 fully saturated rings. The molecule has 0 aliphatic heterocycles. The molecule has 0 unspecified atom stereocenters. The van der Waals surface area contributed by atoms with Crippen LogP contribution in [0.4, 0.5) is 5.69 Å². The van der Waals surface area contributed by atoms with Crippen LogP contribution < -0.4 is 5.73 Å². The highest BCUT2D eigenvalue weighted by Crippen LogP contribution is 2.27. The van der Waals surface area contributed by atoms with Gasteiger partial charge >= 0.3 is 0 Å². The van der Waals surface area contributed by atoms with Crippen LogP contribution in [0, 0.1) is 10.1 Å². The zero-order chi connectivity index (χ0) is 15.6. The second kappa shape index (κ2) is 6.41. The minimum atomic E-state index is -0.580. The van der Waals surface area contributed by atoms with E-state index in [0.29, 0.717) is 0 Å².